The summed E-state index contributed by atoms with van der Waals surface area (Å²) in [7, 11) is 0. The number of imidazole rings is 1. The molecular formula is C15H9FN2. The topological polar surface area (TPSA) is 17.3 Å². The maximum absolute atomic E-state index is 14.1. The average Bonchev–Trinajstić information content (AvgIpc) is 2.78. The Morgan fingerprint density at radius 3 is 2.50 bits per heavy atom. The summed E-state index contributed by atoms with van der Waals surface area (Å²) in [6.45, 7) is 0. The van der Waals surface area contributed by atoms with Gasteiger partial charge in [-0.15, -0.1) is 0 Å². The number of benzene rings is 2. The number of hydrogen-bond acceptors (Lipinski definition) is 1. The van der Waals surface area contributed by atoms with Crippen LogP contribution in [0, 0.1) is 5.82 Å². The summed E-state index contributed by atoms with van der Waals surface area (Å²) in [6.07, 6.45) is 1.51. The fourth-order valence-electron chi connectivity index (χ4n) is 2.43. The first-order chi connectivity index (χ1) is 8.84. The van der Waals surface area contributed by atoms with E-state index in [0.29, 0.717) is 5.39 Å². The third kappa shape index (κ3) is 1.13. The van der Waals surface area contributed by atoms with E-state index in [0.717, 1.165) is 22.1 Å². The third-order valence-corrected chi connectivity index (χ3v) is 3.26. The predicted octanol–water partition coefficient (Wildman–Crippen LogP) is 3.78. The Kier molecular flexibility index (Phi) is 1.75. The number of nitrogens with zero attached hydrogens (tertiary/aromatic N) is 2. The Hall–Kier alpha value is -2.42. The highest BCUT2D eigenvalue weighted by molar-refractivity contribution is 5.98. The summed E-state index contributed by atoms with van der Waals surface area (Å²) in [5.74, 6) is -0.221. The SMILES string of the molecule is Fc1cn2c3ccccc3nc2c2ccccc12. The van der Waals surface area contributed by atoms with E-state index in [9.17, 15) is 4.39 Å². The zero-order valence-electron chi connectivity index (χ0n) is 9.47. The van der Waals surface area contributed by atoms with E-state index < -0.39 is 0 Å². The molecular weight excluding hydrogens is 227 g/mol. The Labute approximate surface area is 102 Å². The van der Waals surface area contributed by atoms with E-state index in [2.05, 4.69) is 4.98 Å². The minimum Gasteiger partial charge on any atom is -0.296 e. The van der Waals surface area contributed by atoms with Crippen LogP contribution in [-0.4, -0.2) is 9.38 Å². The maximum Gasteiger partial charge on any atom is 0.147 e. The zero-order chi connectivity index (χ0) is 12.1. The molecule has 0 aliphatic carbocycles. The van der Waals surface area contributed by atoms with Gasteiger partial charge < -0.3 is 0 Å². The Morgan fingerprint density at radius 1 is 0.889 bits per heavy atom. The fourth-order valence-corrected chi connectivity index (χ4v) is 2.43. The molecule has 2 nitrogen and oxygen atoms in total. The molecule has 2 aromatic heterocycles. The molecule has 0 saturated heterocycles. The average molecular weight is 236 g/mol. The molecule has 3 heteroatoms. The van der Waals surface area contributed by atoms with Crippen molar-refractivity contribution in [1.29, 1.82) is 0 Å². The van der Waals surface area contributed by atoms with Gasteiger partial charge in [-0.1, -0.05) is 36.4 Å². The lowest BCUT2D eigenvalue weighted by molar-refractivity contribution is 0.632. The normalized spacial score (nSPS) is 11.6. The highest BCUT2D eigenvalue weighted by Crippen LogP contribution is 2.25. The smallest absolute Gasteiger partial charge is 0.147 e. The molecule has 0 aliphatic rings. The van der Waals surface area contributed by atoms with E-state index >= 15 is 0 Å². The number of aromatic nitrogens is 2. The Balaban J connectivity index is 2.36. The van der Waals surface area contributed by atoms with Gasteiger partial charge in [0.1, 0.15) is 11.5 Å². The van der Waals surface area contributed by atoms with Crippen molar-refractivity contribution in [2.24, 2.45) is 0 Å². The largest absolute Gasteiger partial charge is 0.296 e. The molecule has 0 aliphatic heterocycles. The van der Waals surface area contributed by atoms with Crippen LogP contribution in [-0.2, 0) is 0 Å². The van der Waals surface area contributed by atoms with Gasteiger partial charge in [-0.2, -0.15) is 0 Å². The monoisotopic (exact) mass is 236 g/mol. The number of hydrogen-bond donors (Lipinski definition) is 0. The van der Waals surface area contributed by atoms with Crippen molar-refractivity contribution < 1.29 is 4.39 Å². The lowest BCUT2D eigenvalue weighted by Gasteiger charge is -2.02. The van der Waals surface area contributed by atoms with E-state index in [1.807, 2.05) is 46.9 Å². The van der Waals surface area contributed by atoms with Crippen LogP contribution in [0.15, 0.2) is 54.7 Å². The molecule has 86 valence electrons. The predicted molar refractivity (Wildman–Crippen MR) is 70.2 cm³/mol. The molecule has 0 N–H and O–H groups in total. The molecule has 2 heterocycles. The molecule has 0 unspecified atom stereocenters. The van der Waals surface area contributed by atoms with Crippen molar-refractivity contribution >= 4 is 27.5 Å². The van der Waals surface area contributed by atoms with Gasteiger partial charge in [0.05, 0.1) is 11.0 Å². The first kappa shape index (κ1) is 9.59. The molecule has 4 rings (SSSR count). The highest BCUT2D eigenvalue weighted by atomic mass is 19.1. The van der Waals surface area contributed by atoms with Crippen molar-refractivity contribution in [3.8, 4) is 0 Å². The first-order valence-electron chi connectivity index (χ1n) is 5.78. The summed E-state index contributed by atoms with van der Waals surface area (Å²) in [5.41, 5.74) is 2.61. The van der Waals surface area contributed by atoms with Crippen LogP contribution in [0.4, 0.5) is 4.39 Å². The van der Waals surface area contributed by atoms with Crippen molar-refractivity contribution in [2.45, 2.75) is 0 Å². The maximum atomic E-state index is 14.1. The van der Waals surface area contributed by atoms with E-state index in [-0.39, 0.29) is 5.82 Å². The van der Waals surface area contributed by atoms with Crippen LogP contribution in [0.3, 0.4) is 0 Å². The number of fused-ring (bicyclic) bond motifs is 5. The van der Waals surface area contributed by atoms with Crippen LogP contribution in [0.5, 0.6) is 0 Å². The van der Waals surface area contributed by atoms with Gasteiger partial charge in [0.15, 0.2) is 0 Å². The van der Waals surface area contributed by atoms with Crippen molar-refractivity contribution in [2.75, 3.05) is 0 Å². The number of para-hydroxylation sites is 2. The Morgan fingerprint density at radius 2 is 1.61 bits per heavy atom. The second kappa shape index (κ2) is 3.29. The minimum atomic E-state index is -0.221. The van der Waals surface area contributed by atoms with Crippen molar-refractivity contribution in [1.82, 2.24) is 9.38 Å². The fraction of sp³-hybridized carbons (Fsp3) is 0. The van der Waals surface area contributed by atoms with Gasteiger partial charge in [-0.05, 0) is 12.1 Å². The van der Waals surface area contributed by atoms with Crippen LogP contribution >= 0.6 is 0 Å². The number of rotatable bonds is 0. The molecule has 0 bridgehead atoms. The second-order valence-corrected chi connectivity index (χ2v) is 4.32. The lowest BCUT2D eigenvalue weighted by atomic mass is 10.1. The van der Waals surface area contributed by atoms with E-state index in [1.165, 1.54) is 6.20 Å². The van der Waals surface area contributed by atoms with Gasteiger partial charge in [-0.3, -0.25) is 4.40 Å². The molecule has 0 atom stereocenters. The number of pyridine rings is 1. The van der Waals surface area contributed by atoms with Crippen LogP contribution in [0.1, 0.15) is 0 Å². The second-order valence-electron chi connectivity index (χ2n) is 4.32. The molecule has 0 amide bonds. The lowest BCUT2D eigenvalue weighted by Crippen LogP contribution is -1.90. The standard InChI is InChI=1S/C15H9FN2/c16-12-9-18-14-8-4-3-7-13(14)17-15(18)11-6-2-1-5-10(11)12/h1-9H. The van der Waals surface area contributed by atoms with Gasteiger partial charge in [-0.25, -0.2) is 9.37 Å². The minimum absolute atomic E-state index is 0.221. The number of halogens is 1. The van der Waals surface area contributed by atoms with Crippen molar-refractivity contribution in [3.63, 3.8) is 0 Å². The van der Waals surface area contributed by atoms with E-state index in [1.54, 1.807) is 6.07 Å². The zero-order valence-corrected chi connectivity index (χ0v) is 9.47. The van der Waals surface area contributed by atoms with Crippen LogP contribution in [0.25, 0.3) is 27.5 Å². The summed E-state index contributed by atoms with van der Waals surface area (Å²) < 4.78 is 15.9. The van der Waals surface area contributed by atoms with Gasteiger partial charge in [0, 0.05) is 17.0 Å². The molecule has 0 radical (unpaired) electrons. The Bertz CT molecular complexity index is 893. The summed E-state index contributed by atoms with van der Waals surface area (Å²) in [6, 6.07) is 15.2. The van der Waals surface area contributed by atoms with Gasteiger partial charge >= 0.3 is 0 Å². The summed E-state index contributed by atoms with van der Waals surface area (Å²) >= 11 is 0. The molecule has 18 heavy (non-hydrogen) atoms. The van der Waals surface area contributed by atoms with Crippen LogP contribution in [0.2, 0.25) is 0 Å². The molecule has 0 fully saturated rings. The van der Waals surface area contributed by atoms with Crippen molar-refractivity contribution in [3.05, 3.63) is 60.5 Å². The molecule has 4 aromatic rings. The quantitative estimate of drug-likeness (QED) is 0.454. The van der Waals surface area contributed by atoms with E-state index in [4.69, 9.17) is 0 Å². The molecule has 2 aromatic carbocycles. The third-order valence-electron chi connectivity index (χ3n) is 3.26. The molecule has 0 saturated carbocycles. The summed E-state index contributed by atoms with van der Waals surface area (Å²) in [5, 5.41) is 1.45. The van der Waals surface area contributed by atoms with Crippen LogP contribution < -0.4 is 0 Å². The first-order valence-corrected chi connectivity index (χ1v) is 5.78. The van der Waals surface area contributed by atoms with Gasteiger partial charge in [0.25, 0.3) is 0 Å². The highest BCUT2D eigenvalue weighted by Gasteiger charge is 2.10. The molecule has 0 spiro atoms. The van der Waals surface area contributed by atoms with Gasteiger partial charge in [0.2, 0.25) is 0 Å². The summed E-state index contributed by atoms with van der Waals surface area (Å²) in [4.78, 5) is 4.58.